The second-order valence-electron chi connectivity index (χ2n) is 20.2. The van der Waals surface area contributed by atoms with Crippen molar-refractivity contribution in [3.63, 3.8) is 0 Å². The van der Waals surface area contributed by atoms with E-state index in [1.165, 1.54) is 11.1 Å². The quantitative estimate of drug-likeness (QED) is 0.172. The van der Waals surface area contributed by atoms with E-state index < -0.39 is 96.3 Å². The molecule has 0 aromatic rings. The van der Waals surface area contributed by atoms with E-state index in [0.717, 1.165) is 38.5 Å². The highest BCUT2D eigenvalue weighted by atomic mass is 16.8. The number of aliphatic carboxylic acids is 3. The van der Waals surface area contributed by atoms with Crippen molar-refractivity contribution < 1.29 is 74.2 Å². The number of carboxylic acid groups (broad SMARTS) is 3. The Labute approximate surface area is 333 Å². The molecular formula is C42H62O15. The van der Waals surface area contributed by atoms with Crippen LogP contribution in [0.4, 0.5) is 0 Å². The Morgan fingerprint density at radius 3 is 1.89 bits per heavy atom. The number of fused-ring (bicyclic) bond motifs is 6. The lowest BCUT2D eigenvalue weighted by molar-refractivity contribution is -0.371. The van der Waals surface area contributed by atoms with E-state index in [9.17, 15) is 55.2 Å². The average molecular weight is 807 g/mol. The minimum Gasteiger partial charge on any atom is -0.481 e. The molecule has 8 N–H and O–H groups in total. The number of hydrogen-bond donors (Lipinski definition) is 8. The number of carbonyl (C=O) groups is 3. The Balaban J connectivity index is 1.17. The van der Waals surface area contributed by atoms with Crippen molar-refractivity contribution in [3.05, 3.63) is 23.3 Å². The van der Waals surface area contributed by atoms with Crippen molar-refractivity contribution in [1.82, 2.24) is 0 Å². The number of ether oxygens (including phenoxy) is 4. The molecule has 18 atom stereocenters. The van der Waals surface area contributed by atoms with Gasteiger partial charge in [-0.25, -0.2) is 9.59 Å². The van der Waals surface area contributed by atoms with Crippen molar-refractivity contribution >= 4 is 17.9 Å². The number of allylic oxidation sites excluding steroid dienone is 4. The number of aliphatic hydroxyl groups is 5. The van der Waals surface area contributed by atoms with Gasteiger partial charge < -0.3 is 59.8 Å². The zero-order valence-corrected chi connectivity index (χ0v) is 34.0. The average Bonchev–Trinajstić information content (AvgIpc) is 3.12. The summed E-state index contributed by atoms with van der Waals surface area (Å²) in [6, 6.07) is 0. The fraction of sp³-hybridized carbons (Fsp3) is 0.833. The van der Waals surface area contributed by atoms with E-state index in [1.807, 2.05) is 6.92 Å². The fourth-order valence-corrected chi connectivity index (χ4v) is 12.9. The molecule has 0 aromatic carbocycles. The summed E-state index contributed by atoms with van der Waals surface area (Å²) in [5.74, 6) is -3.67. The fourth-order valence-electron chi connectivity index (χ4n) is 12.9. The second-order valence-corrected chi connectivity index (χ2v) is 20.2. The minimum atomic E-state index is -2.01. The summed E-state index contributed by atoms with van der Waals surface area (Å²) in [5.41, 5.74) is 0.770. The van der Waals surface area contributed by atoms with Crippen LogP contribution in [0.5, 0.6) is 0 Å². The van der Waals surface area contributed by atoms with E-state index in [1.54, 1.807) is 0 Å². The first-order valence-corrected chi connectivity index (χ1v) is 20.5. The number of carboxylic acids is 3. The molecule has 2 saturated heterocycles. The van der Waals surface area contributed by atoms with Gasteiger partial charge in [-0.3, -0.25) is 4.79 Å². The summed E-state index contributed by atoms with van der Waals surface area (Å²) in [4.78, 5) is 36.4. The van der Waals surface area contributed by atoms with Crippen molar-refractivity contribution in [2.75, 3.05) is 0 Å². The molecule has 3 saturated carbocycles. The molecule has 0 aromatic heterocycles. The van der Waals surface area contributed by atoms with Gasteiger partial charge in [-0.05, 0) is 109 Å². The molecule has 5 fully saturated rings. The largest absolute Gasteiger partial charge is 0.481 e. The van der Waals surface area contributed by atoms with E-state index >= 15 is 0 Å². The predicted octanol–water partition coefficient (Wildman–Crippen LogP) is 2.99. The molecule has 2 aliphatic heterocycles. The molecule has 15 nitrogen and oxygen atoms in total. The van der Waals surface area contributed by atoms with Crippen molar-refractivity contribution in [2.45, 2.75) is 174 Å². The summed E-state index contributed by atoms with van der Waals surface area (Å²) in [6.07, 6.45) is -7.94. The van der Waals surface area contributed by atoms with Crippen molar-refractivity contribution in [1.29, 1.82) is 0 Å². The van der Waals surface area contributed by atoms with Gasteiger partial charge in [-0.1, -0.05) is 59.3 Å². The highest BCUT2D eigenvalue weighted by Crippen LogP contribution is 2.74. The van der Waals surface area contributed by atoms with Gasteiger partial charge in [0, 0.05) is 0 Å². The van der Waals surface area contributed by atoms with Gasteiger partial charge in [0.05, 0.1) is 11.5 Å². The molecule has 320 valence electrons. The molecule has 0 amide bonds. The summed E-state index contributed by atoms with van der Waals surface area (Å²) in [6.45, 7) is 15.6. The topological polar surface area (TPSA) is 250 Å². The van der Waals surface area contributed by atoms with Crippen LogP contribution in [0.15, 0.2) is 23.3 Å². The monoisotopic (exact) mass is 806 g/mol. The molecule has 2 heterocycles. The van der Waals surface area contributed by atoms with Crippen LogP contribution in [-0.4, -0.2) is 126 Å². The van der Waals surface area contributed by atoms with Gasteiger partial charge >= 0.3 is 17.9 Å². The summed E-state index contributed by atoms with van der Waals surface area (Å²) in [5, 5.41) is 83.0. The van der Waals surface area contributed by atoms with Crippen molar-refractivity contribution in [2.24, 2.45) is 44.3 Å². The molecule has 57 heavy (non-hydrogen) atoms. The Morgan fingerprint density at radius 2 is 1.28 bits per heavy atom. The molecule has 0 spiro atoms. The van der Waals surface area contributed by atoms with Crippen LogP contribution in [0.3, 0.4) is 0 Å². The summed E-state index contributed by atoms with van der Waals surface area (Å²) in [7, 11) is 0. The van der Waals surface area contributed by atoms with Crippen LogP contribution in [-0.2, 0) is 33.3 Å². The SMILES string of the molecule is CC1(C)[C@@H](O[C@@H]2O[C@H](C(=O)O)[C@@H](O)[C@H](O)[C@H]2O[C@@H]2O[C@H](C(=O)O)[C@@H](O)[C@H](O)[C@H]2O)CC[C@]2(C)[C@H]3C=CC4=C5C[C@](C)(C(=O)O)CC[C@]5(C)CC[C@@]4(C)[C@]3(C)CC[C@@H]12. The number of hydrogen-bond acceptors (Lipinski definition) is 12. The molecule has 0 radical (unpaired) electrons. The lowest BCUT2D eigenvalue weighted by Crippen LogP contribution is -2.67. The molecule has 0 bridgehead atoms. The van der Waals surface area contributed by atoms with E-state index in [2.05, 4.69) is 53.7 Å². The Kier molecular flexibility index (Phi) is 10.5. The third-order valence-corrected chi connectivity index (χ3v) is 16.9. The maximum Gasteiger partial charge on any atom is 0.335 e. The van der Waals surface area contributed by atoms with Crippen LogP contribution >= 0.6 is 0 Å². The second kappa shape index (κ2) is 14.1. The Hall–Kier alpha value is -2.47. The van der Waals surface area contributed by atoms with Gasteiger partial charge in [0.25, 0.3) is 0 Å². The van der Waals surface area contributed by atoms with Crippen LogP contribution in [0.1, 0.15) is 106 Å². The maximum absolute atomic E-state index is 12.5. The highest BCUT2D eigenvalue weighted by molar-refractivity contribution is 5.75. The Morgan fingerprint density at radius 1 is 0.684 bits per heavy atom. The van der Waals surface area contributed by atoms with E-state index in [-0.39, 0.29) is 33.5 Å². The molecule has 7 aliphatic rings. The third-order valence-electron chi connectivity index (χ3n) is 16.9. The normalized spacial score (nSPS) is 51.8. The smallest absolute Gasteiger partial charge is 0.335 e. The van der Waals surface area contributed by atoms with Crippen LogP contribution < -0.4 is 0 Å². The van der Waals surface area contributed by atoms with E-state index in [4.69, 9.17) is 18.9 Å². The van der Waals surface area contributed by atoms with Gasteiger partial charge in [-0.2, -0.15) is 0 Å². The van der Waals surface area contributed by atoms with Gasteiger partial charge in [0.15, 0.2) is 24.8 Å². The van der Waals surface area contributed by atoms with Crippen LogP contribution in [0.25, 0.3) is 0 Å². The van der Waals surface area contributed by atoms with E-state index in [0.29, 0.717) is 19.3 Å². The predicted molar refractivity (Wildman–Crippen MR) is 199 cm³/mol. The van der Waals surface area contributed by atoms with Crippen LogP contribution in [0, 0.1) is 44.3 Å². The third kappa shape index (κ3) is 6.27. The van der Waals surface area contributed by atoms with Gasteiger partial charge in [-0.15, -0.1) is 0 Å². The van der Waals surface area contributed by atoms with Gasteiger partial charge in [0.1, 0.15) is 36.6 Å². The first kappa shape index (κ1) is 42.6. The molecule has 5 aliphatic carbocycles. The first-order chi connectivity index (χ1) is 26.4. The first-order valence-electron chi connectivity index (χ1n) is 20.5. The summed E-state index contributed by atoms with van der Waals surface area (Å²) < 4.78 is 23.5. The lowest BCUT2D eigenvalue weighted by atomic mass is 9.35. The standard InChI is InChI=1S/C42H62O15/c1-37(2)21-10-13-42(7)22(9-8-19-20-18-39(4,36(52)53)15-14-38(20,3)16-17-41(19,42)6)40(21,5)12-11-23(37)54-35-31(27(46)26(45)30(56-35)33(50)51)57-34-28(47)24(43)25(44)29(55-34)32(48)49/h8-9,21-31,34-35,43-47H,10-18H2,1-7H3,(H,48,49)(H,50,51)(H,52,53)/t21-,22+,23-,24-,25-,26-,27-,28+,29-,30-,31+,34-,35+,38+,39+,40-,41+,42+/m0/s1. The molecule has 7 rings (SSSR count). The Bertz CT molecular complexity index is 1710. The lowest BCUT2D eigenvalue weighted by Gasteiger charge is -2.69. The van der Waals surface area contributed by atoms with Gasteiger partial charge in [0.2, 0.25) is 0 Å². The molecule has 0 unspecified atom stereocenters. The maximum atomic E-state index is 12.5. The zero-order valence-electron chi connectivity index (χ0n) is 34.0. The zero-order chi connectivity index (χ0) is 42.0. The summed E-state index contributed by atoms with van der Waals surface area (Å²) >= 11 is 0. The van der Waals surface area contributed by atoms with Crippen LogP contribution in [0.2, 0.25) is 0 Å². The van der Waals surface area contributed by atoms with Crippen molar-refractivity contribution in [3.8, 4) is 0 Å². The highest BCUT2D eigenvalue weighted by Gasteiger charge is 2.67. The number of aliphatic hydroxyl groups excluding tert-OH is 5. The molecule has 15 heteroatoms. The number of rotatable bonds is 7. The molecular weight excluding hydrogens is 744 g/mol. The minimum absolute atomic E-state index is 0.0257.